The van der Waals surface area contributed by atoms with Crippen molar-refractivity contribution in [1.82, 2.24) is 19.5 Å². The van der Waals surface area contributed by atoms with Crippen molar-refractivity contribution in [1.29, 1.82) is 0 Å². The summed E-state index contributed by atoms with van der Waals surface area (Å²) in [6.07, 6.45) is 0. The van der Waals surface area contributed by atoms with Crippen LogP contribution in [0.5, 0.6) is 0 Å². The number of nitrogens with zero attached hydrogens (tertiary/aromatic N) is 4. The number of para-hydroxylation sites is 4. The van der Waals surface area contributed by atoms with E-state index in [9.17, 15) is 0 Å². The fourth-order valence-corrected chi connectivity index (χ4v) is 7.50. The van der Waals surface area contributed by atoms with Gasteiger partial charge in [-0.1, -0.05) is 109 Å². The zero-order valence-corrected chi connectivity index (χ0v) is 27.1. The van der Waals surface area contributed by atoms with Gasteiger partial charge in [0.2, 0.25) is 5.95 Å². The summed E-state index contributed by atoms with van der Waals surface area (Å²) in [6.45, 7) is 0. The van der Waals surface area contributed by atoms with Crippen molar-refractivity contribution in [2.45, 2.75) is 0 Å². The minimum atomic E-state index is 0.544. The quantitative estimate of drug-likeness (QED) is 0.189. The van der Waals surface area contributed by atoms with E-state index in [4.69, 9.17) is 23.8 Å². The molecule has 7 aromatic carbocycles. The summed E-state index contributed by atoms with van der Waals surface area (Å²) < 4.78 is 14.9. The SMILES string of the molecule is c1ccc(-c2nc(-c3cccc4c3oc3cc(-c5ccc6oc7ccccc7c6c5)ccc34)nc(-n3c4ccccc4c4ccccc43)n2)cc1. The van der Waals surface area contributed by atoms with Crippen LogP contribution < -0.4 is 0 Å². The van der Waals surface area contributed by atoms with Gasteiger partial charge in [0.15, 0.2) is 11.6 Å². The molecule has 6 nitrogen and oxygen atoms in total. The molecule has 0 unspecified atom stereocenters. The van der Waals surface area contributed by atoms with E-state index >= 15 is 0 Å². The molecule has 11 rings (SSSR count). The molecular weight excluding hydrogens is 629 g/mol. The van der Waals surface area contributed by atoms with E-state index in [-0.39, 0.29) is 0 Å². The third kappa shape index (κ3) is 4.26. The summed E-state index contributed by atoms with van der Waals surface area (Å²) in [7, 11) is 0. The monoisotopic (exact) mass is 654 g/mol. The lowest BCUT2D eigenvalue weighted by Gasteiger charge is -2.11. The first-order chi connectivity index (χ1) is 25.3. The molecular formula is C45H26N4O2. The van der Waals surface area contributed by atoms with E-state index in [1.807, 2.05) is 66.7 Å². The van der Waals surface area contributed by atoms with Gasteiger partial charge < -0.3 is 8.83 Å². The molecule has 0 radical (unpaired) electrons. The van der Waals surface area contributed by atoms with Crippen molar-refractivity contribution in [3.63, 3.8) is 0 Å². The van der Waals surface area contributed by atoms with Gasteiger partial charge in [0.05, 0.1) is 16.6 Å². The van der Waals surface area contributed by atoms with Crippen LogP contribution >= 0.6 is 0 Å². The second-order valence-electron chi connectivity index (χ2n) is 12.8. The molecule has 4 heterocycles. The van der Waals surface area contributed by atoms with Gasteiger partial charge in [0.1, 0.15) is 22.3 Å². The topological polar surface area (TPSA) is 69.9 Å². The van der Waals surface area contributed by atoms with Crippen LogP contribution in [0.4, 0.5) is 0 Å². The second-order valence-corrected chi connectivity index (χ2v) is 12.8. The third-order valence-corrected chi connectivity index (χ3v) is 9.89. The number of rotatable bonds is 4. The van der Waals surface area contributed by atoms with Crippen molar-refractivity contribution in [2.24, 2.45) is 0 Å². The summed E-state index contributed by atoms with van der Waals surface area (Å²) in [6, 6.07) is 53.9. The minimum absolute atomic E-state index is 0.544. The maximum Gasteiger partial charge on any atom is 0.238 e. The maximum absolute atomic E-state index is 6.73. The van der Waals surface area contributed by atoms with E-state index < -0.39 is 0 Å². The van der Waals surface area contributed by atoms with Crippen molar-refractivity contribution in [2.75, 3.05) is 0 Å². The van der Waals surface area contributed by atoms with Gasteiger partial charge in [0, 0.05) is 37.9 Å². The molecule has 0 bridgehead atoms. The van der Waals surface area contributed by atoms with Gasteiger partial charge >= 0.3 is 0 Å². The Morgan fingerprint density at radius 1 is 0.373 bits per heavy atom. The molecule has 0 aliphatic carbocycles. The first kappa shape index (κ1) is 27.9. The van der Waals surface area contributed by atoms with Gasteiger partial charge in [0.25, 0.3) is 0 Å². The summed E-state index contributed by atoms with van der Waals surface area (Å²) in [4.78, 5) is 15.3. The van der Waals surface area contributed by atoms with Gasteiger partial charge in [-0.2, -0.15) is 9.97 Å². The first-order valence-corrected chi connectivity index (χ1v) is 16.9. The summed E-state index contributed by atoms with van der Waals surface area (Å²) in [5.41, 5.74) is 9.24. The van der Waals surface area contributed by atoms with Crippen LogP contribution in [0.2, 0.25) is 0 Å². The predicted molar refractivity (Wildman–Crippen MR) is 205 cm³/mol. The fourth-order valence-electron chi connectivity index (χ4n) is 7.50. The molecule has 0 aliphatic rings. The molecule has 11 aromatic rings. The van der Waals surface area contributed by atoms with E-state index in [2.05, 4.69) is 95.6 Å². The van der Waals surface area contributed by atoms with Crippen LogP contribution in [0, 0.1) is 0 Å². The van der Waals surface area contributed by atoms with Crippen LogP contribution in [0.15, 0.2) is 167 Å². The molecule has 0 amide bonds. The average molecular weight is 655 g/mol. The van der Waals surface area contributed by atoms with Gasteiger partial charge in [-0.15, -0.1) is 0 Å². The zero-order valence-electron chi connectivity index (χ0n) is 27.1. The lowest BCUT2D eigenvalue weighted by Crippen LogP contribution is -2.06. The molecule has 0 aliphatic heterocycles. The molecule has 51 heavy (non-hydrogen) atoms. The second kappa shape index (κ2) is 10.7. The summed E-state index contributed by atoms with van der Waals surface area (Å²) in [5, 5.41) is 6.53. The highest BCUT2D eigenvalue weighted by Crippen LogP contribution is 2.39. The predicted octanol–water partition coefficient (Wildman–Crippen LogP) is 11.8. The molecule has 238 valence electrons. The van der Waals surface area contributed by atoms with Gasteiger partial charge in [-0.3, -0.25) is 4.57 Å². The first-order valence-electron chi connectivity index (χ1n) is 16.9. The molecule has 0 N–H and O–H groups in total. The van der Waals surface area contributed by atoms with Crippen LogP contribution in [-0.2, 0) is 0 Å². The molecule has 0 saturated heterocycles. The van der Waals surface area contributed by atoms with Crippen LogP contribution in [0.1, 0.15) is 0 Å². The lowest BCUT2D eigenvalue weighted by atomic mass is 10.0. The van der Waals surface area contributed by atoms with Crippen LogP contribution in [0.25, 0.3) is 106 Å². The van der Waals surface area contributed by atoms with E-state index in [1.54, 1.807) is 0 Å². The number of hydrogen-bond acceptors (Lipinski definition) is 5. The Kier molecular flexibility index (Phi) is 5.86. The smallest absolute Gasteiger partial charge is 0.238 e. The Bertz CT molecular complexity index is 3100. The number of hydrogen-bond donors (Lipinski definition) is 0. The Balaban J connectivity index is 1.11. The third-order valence-electron chi connectivity index (χ3n) is 9.89. The van der Waals surface area contributed by atoms with Gasteiger partial charge in [-0.05, 0) is 59.7 Å². The Morgan fingerprint density at radius 2 is 1.00 bits per heavy atom. The summed E-state index contributed by atoms with van der Waals surface area (Å²) in [5.74, 6) is 1.69. The molecule has 0 fully saturated rings. The molecule has 0 saturated carbocycles. The fraction of sp³-hybridized carbons (Fsp3) is 0. The molecule has 6 heteroatoms. The average Bonchev–Trinajstić information content (AvgIpc) is 3.87. The zero-order chi connectivity index (χ0) is 33.5. The number of fused-ring (bicyclic) bond motifs is 9. The van der Waals surface area contributed by atoms with E-state index in [1.165, 1.54) is 0 Å². The molecule has 0 atom stereocenters. The maximum atomic E-state index is 6.73. The number of benzene rings is 7. The Hall–Kier alpha value is -7.05. The van der Waals surface area contributed by atoms with Crippen molar-refractivity contribution in [3.8, 4) is 39.9 Å². The Labute approximate surface area is 290 Å². The standard InChI is InChI=1S/C45H26N4O2/c1-2-11-27(12-3-1)43-46-44(48-45(47-43)49-37-18-7-4-13-30(37)31-14-5-8-19-38(31)49)35-17-10-16-34-33-23-21-29(26-41(33)51-42(34)35)28-22-24-40-36(25-28)32-15-6-9-20-39(32)50-40/h1-26H. The van der Waals surface area contributed by atoms with Gasteiger partial charge in [-0.25, -0.2) is 4.98 Å². The lowest BCUT2D eigenvalue weighted by molar-refractivity contribution is 0.669. The highest BCUT2D eigenvalue weighted by molar-refractivity contribution is 6.11. The van der Waals surface area contributed by atoms with Crippen molar-refractivity contribution < 1.29 is 8.83 Å². The normalized spacial score (nSPS) is 11.9. The highest BCUT2D eigenvalue weighted by atomic mass is 16.3. The van der Waals surface area contributed by atoms with Crippen molar-refractivity contribution >= 4 is 65.7 Å². The minimum Gasteiger partial charge on any atom is -0.456 e. The molecule has 0 spiro atoms. The van der Waals surface area contributed by atoms with Crippen LogP contribution in [0.3, 0.4) is 0 Å². The number of aromatic nitrogens is 4. The van der Waals surface area contributed by atoms with Crippen LogP contribution in [-0.4, -0.2) is 19.5 Å². The van der Waals surface area contributed by atoms with Crippen molar-refractivity contribution in [3.05, 3.63) is 158 Å². The van der Waals surface area contributed by atoms with E-state index in [0.717, 1.165) is 87.9 Å². The summed E-state index contributed by atoms with van der Waals surface area (Å²) >= 11 is 0. The molecule has 4 aromatic heterocycles. The Morgan fingerprint density at radius 3 is 1.82 bits per heavy atom. The van der Waals surface area contributed by atoms with E-state index in [0.29, 0.717) is 17.6 Å². The highest BCUT2D eigenvalue weighted by Gasteiger charge is 2.20. The number of furan rings is 2. The largest absolute Gasteiger partial charge is 0.456 e.